The molecule has 0 bridgehead atoms. The summed E-state index contributed by atoms with van der Waals surface area (Å²) >= 11 is 0. The predicted octanol–water partition coefficient (Wildman–Crippen LogP) is 3.48. The van der Waals surface area contributed by atoms with Gasteiger partial charge in [0.25, 0.3) is 0 Å². The summed E-state index contributed by atoms with van der Waals surface area (Å²) in [5.41, 5.74) is -0.269. The molecule has 1 N–H and O–H groups in total. The number of hydrogen-bond donors (Lipinski definition) is 1. The van der Waals surface area contributed by atoms with E-state index in [1.54, 1.807) is 0 Å². The number of Topliss-reactive ketones (excluding diaryl/α,β-unsaturated/α-hetero) is 1. The molecule has 5 heteroatoms. The maximum atomic E-state index is 12.5. The Morgan fingerprint density at radius 2 is 1.79 bits per heavy atom. The molecule has 19 heavy (non-hydrogen) atoms. The van der Waals surface area contributed by atoms with E-state index in [0.29, 0.717) is 18.4 Å². The number of piperidine rings is 1. The molecular weight excluding hydrogens is 255 g/mol. The lowest BCUT2D eigenvalue weighted by atomic mass is 9.85. The molecule has 1 aliphatic heterocycles. The normalized spacial score (nSPS) is 23.4. The molecule has 0 amide bonds. The topological polar surface area (TPSA) is 29.1 Å². The number of ketones is 1. The maximum absolute atomic E-state index is 12.5. The molecule has 2 rings (SSSR count). The van der Waals surface area contributed by atoms with Crippen molar-refractivity contribution in [2.75, 3.05) is 0 Å². The molecule has 0 saturated carbocycles. The van der Waals surface area contributed by atoms with Gasteiger partial charge in [0.15, 0.2) is 0 Å². The highest BCUT2D eigenvalue weighted by Gasteiger charge is 2.34. The minimum Gasteiger partial charge on any atom is -0.304 e. The number of rotatable bonds is 1. The Bertz CT molecular complexity index is 476. The first-order chi connectivity index (χ1) is 8.67. The van der Waals surface area contributed by atoms with Crippen molar-refractivity contribution in [2.45, 2.75) is 44.4 Å². The molecule has 0 aromatic heterocycles. The van der Waals surface area contributed by atoms with Gasteiger partial charge < -0.3 is 5.32 Å². The van der Waals surface area contributed by atoms with Crippen LogP contribution in [-0.2, 0) is 11.0 Å². The second-order valence-electron chi connectivity index (χ2n) is 5.62. The second-order valence-corrected chi connectivity index (χ2v) is 5.62. The van der Waals surface area contributed by atoms with Crippen LogP contribution in [0.1, 0.15) is 43.9 Å². The van der Waals surface area contributed by atoms with E-state index in [4.69, 9.17) is 0 Å². The third-order valence-electron chi connectivity index (χ3n) is 3.28. The number of hydrogen-bond acceptors (Lipinski definition) is 2. The van der Waals surface area contributed by atoms with Gasteiger partial charge in [-0.1, -0.05) is 12.1 Å². The predicted molar refractivity (Wildman–Crippen MR) is 65.6 cm³/mol. The van der Waals surface area contributed by atoms with Crippen molar-refractivity contribution in [1.29, 1.82) is 0 Å². The zero-order valence-corrected chi connectivity index (χ0v) is 10.8. The van der Waals surface area contributed by atoms with Gasteiger partial charge in [0.2, 0.25) is 0 Å². The van der Waals surface area contributed by atoms with Crippen molar-refractivity contribution < 1.29 is 18.0 Å². The number of carbonyl (C=O) groups excluding carboxylic acids is 1. The van der Waals surface area contributed by atoms with Crippen LogP contribution in [0.4, 0.5) is 13.2 Å². The van der Waals surface area contributed by atoms with E-state index >= 15 is 0 Å². The van der Waals surface area contributed by atoms with Crippen LogP contribution >= 0.6 is 0 Å². The first kappa shape index (κ1) is 14.1. The van der Waals surface area contributed by atoms with Crippen LogP contribution in [0.2, 0.25) is 0 Å². The fourth-order valence-corrected chi connectivity index (χ4v) is 2.47. The Balaban J connectivity index is 2.20. The Morgan fingerprint density at radius 1 is 1.21 bits per heavy atom. The largest absolute Gasteiger partial charge is 0.416 e. The fraction of sp³-hybridized carbons (Fsp3) is 0.500. The zero-order valence-electron chi connectivity index (χ0n) is 10.8. The van der Waals surface area contributed by atoms with Gasteiger partial charge in [-0.2, -0.15) is 13.2 Å². The van der Waals surface area contributed by atoms with Gasteiger partial charge in [0.1, 0.15) is 5.78 Å². The molecule has 0 radical (unpaired) electrons. The Labute approximate surface area is 110 Å². The van der Waals surface area contributed by atoms with E-state index in [-0.39, 0.29) is 17.4 Å². The lowest BCUT2D eigenvalue weighted by Crippen LogP contribution is -2.48. The maximum Gasteiger partial charge on any atom is 0.416 e. The minimum absolute atomic E-state index is 0.133. The molecule has 1 aromatic rings. The highest BCUT2D eigenvalue weighted by molar-refractivity contribution is 5.81. The minimum atomic E-state index is -4.33. The highest BCUT2D eigenvalue weighted by atomic mass is 19.4. The van der Waals surface area contributed by atoms with Crippen LogP contribution in [0.3, 0.4) is 0 Å². The lowest BCUT2D eigenvalue weighted by molar-refractivity contribution is -0.137. The van der Waals surface area contributed by atoms with E-state index in [9.17, 15) is 18.0 Å². The monoisotopic (exact) mass is 271 g/mol. The molecule has 1 aliphatic rings. The molecular formula is C14H16F3NO. The molecule has 1 unspecified atom stereocenters. The van der Waals surface area contributed by atoms with E-state index in [1.807, 2.05) is 13.8 Å². The van der Waals surface area contributed by atoms with Crippen LogP contribution in [0.5, 0.6) is 0 Å². The second kappa shape index (κ2) is 4.63. The summed E-state index contributed by atoms with van der Waals surface area (Å²) in [5, 5.41) is 3.30. The van der Waals surface area contributed by atoms with Gasteiger partial charge in [-0.3, -0.25) is 4.79 Å². The van der Waals surface area contributed by atoms with Crippen molar-refractivity contribution in [3.05, 3.63) is 35.4 Å². The van der Waals surface area contributed by atoms with Crippen molar-refractivity contribution in [3.63, 3.8) is 0 Å². The molecule has 1 aromatic carbocycles. The Morgan fingerprint density at radius 3 is 2.26 bits per heavy atom. The molecule has 0 spiro atoms. The van der Waals surface area contributed by atoms with Gasteiger partial charge in [-0.25, -0.2) is 0 Å². The average Bonchev–Trinajstić information content (AvgIpc) is 2.25. The summed E-state index contributed by atoms with van der Waals surface area (Å²) in [5.74, 6) is 0.133. The number of alkyl halides is 3. The van der Waals surface area contributed by atoms with Gasteiger partial charge in [0.05, 0.1) is 5.56 Å². The Kier molecular flexibility index (Phi) is 3.43. The van der Waals surface area contributed by atoms with Crippen LogP contribution in [0, 0.1) is 0 Å². The highest BCUT2D eigenvalue weighted by Crippen LogP contribution is 2.32. The van der Waals surface area contributed by atoms with Gasteiger partial charge >= 0.3 is 6.18 Å². The van der Waals surface area contributed by atoms with Gasteiger partial charge in [-0.05, 0) is 31.5 Å². The van der Waals surface area contributed by atoms with E-state index in [0.717, 1.165) is 12.1 Å². The van der Waals surface area contributed by atoms with Gasteiger partial charge in [-0.15, -0.1) is 0 Å². The first-order valence-electron chi connectivity index (χ1n) is 6.14. The van der Waals surface area contributed by atoms with Crippen molar-refractivity contribution >= 4 is 5.78 Å². The number of halogens is 3. The van der Waals surface area contributed by atoms with Crippen molar-refractivity contribution in [2.24, 2.45) is 0 Å². The molecule has 1 heterocycles. The summed E-state index contributed by atoms with van der Waals surface area (Å²) < 4.78 is 37.4. The summed E-state index contributed by atoms with van der Waals surface area (Å²) in [4.78, 5) is 11.7. The quantitative estimate of drug-likeness (QED) is 0.847. The SMILES string of the molecule is CC1(C)CC(=O)CC(c2ccc(C(F)(F)F)cc2)N1. The molecule has 104 valence electrons. The summed E-state index contributed by atoms with van der Waals surface area (Å²) in [6.07, 6.45) is -3.55. The molecule has 1 atom stereocenters. The smallest absolute Gasteiger partial charge is 0.304 e. The molecule has 1 saturated heterocycles. The molecule has 1 fully saturated rings. The standard InChI is InChI=1S/C14H16F3NO/c1-13(2)8-11(19)7-12(18-13)9-3-5-10(6-4-9)14(15,16)17/h3-6,12,18H,7-8H2,1-2H3. The average molecular weight is 271 g/mol. The van der Waals surface area contributed by atoms with Crippen molar-refractivity contribution in [3.8, 4) is 0 Å². The van der Waals surface area contributed by atoms with E-state index < -0.39 is 11.7 Å². The Hall–Kier alpha value is -1.36. The van der Waals surface area contributed by atoms with Gasteiger partial charge in [0, 0.05) is 24.4 Å². The van der Waals surface area contributed by atoms with Crippen LogP contribution in [0.15, 0.2) is 24.3 Å². The summed E-state index contributed by atoms with van der Waals surface area (Å²) in [7, 11) is 0. The summed E-state index contributed by atoms with van der Waals surface area (Å²) in [6.45, 7) is 3.84. The van der Waals surface area contributed by atoms with E-state index in [1.165, 1.54) is 12.1 Å². The number of nitrogens with one attached hydrogen (secondary N) is 1. The number of carbonyl (C=O) groups is 1. The fourth-order valence-electron chi connectivity index (χ4n) is 2.47. The van der Waals surface area contributed by atoms with Crippen LogP contribution < -0.4 is 5.32 Å². The third-order valence-corrected chi connectivity index (χ3v) is 3.28. The molecule has 0 aliphatic carbocycles. The third kappa shape index (κ3) is 3.35. The van der Waals surface area contributed by atoms with Crippen LogP contribution in [0.25, 0.3) is 0 Å². The van der Waals surface area contributed by atoms with Crippen LogP contribution in [-0.4, -0.2) is 11.3 Å². The number of benzene rings is 1. The zero-order chi connectivity index (χ0) is 14.3. The molecule has 2 nitrogen and oxygen atoms in total. The van der Waals surface area contributed by atoms with E-state index in [2.05, 4.69) is 5.32 Å². The first-order valence-corrected chi connectivity index (χ1v) is 6.14. The summed E-state index contributed by atoms with van der Waals surface area (Å²) in [6, 6.07) is 4.79. The van der Waals surface area contributed by atoms with Crippen molar-refractivity contribution in [1.82, 2.24) is 5.32 Å². The lowest BCUT2D eigenvalue weighted by Gasteiger charge is -2.36.